The molecule has 0 bridgehead atoms. The molecule has 9 heteroatoms. The highest BCUT2D eigenvalue weighted by atomic mass is 32.1. The van der Waals surface area contributed by atoms with Crippen LogP contribution in [0.5, 0.6) is 0 Å². The standard InChI is InChI=1S/C14H15N5O3S/c1-15-14(23)18(10-5-6-10)8-12-16-17-13(22-12)9-3-2-4-11(7-9)19(20)21/h2-4,7,10H,5-6,8H2,1H3,(H,15,23). The summed E-state index contributed by atoms with van der Waals surface area (Å²) in [4.78, 5) is 12.4. The molecule has 1 aromatic carbocycles. The van der Waals surface area contributed by atoms with Gasteiger partial charge in [0.25, 0.3) is 5.69 Å². The second-order valence-electron chi connectivity index (χ2n) is 5.22. The van der Waals surface area contributed by atoms with Gasteiger partial charge >= 0.3 is 0 Å². The van der Waals surface area contributed by atoms with E-state index >= 15 is 0 Å². The maximum absolute atomic E-state index is 10.8. The molecule has 0 atom stereocenters. The van der Waals surface area contributed by atoms with Crippen LogP contribution in [0.1, 0.15) is 18.7 Å². The average molecular weight is 333 g/mol. The lowest BCUT2D eigenvalue weighted by Crippen LogP contribution is -2.38. The Bertz CT molecular complexity index is 744. The second-order valence-corrected chi connectivity index (χ2v) is 5.61. The van der Waals surface area contributed by atoms with E-state index in [0.717, 1.165) is 12.8 Å². The smallest absolute Gasteiger partial charge is 0.270 e. The van der Waals surface area contributed by atoms with E-state index in [1.807, 2.05) is 4.90 Å². The predicted octanol–water partition coefficient (Wildman–Crippen LogP) is 2.11. The van der Waals surface area contributed by atoms with Gasteiger partial charge in [-0.1, -0.05) is 6.07 Å². The van der Waals surface area contributed by atoms with Crippen LogP contribution in [0.15, 0.2) is 28.7 Å². The van der Waals surface area contributed by atoms with Gasteiger partial charge in [-0.05, 0) is 31.1 Å². The van der Waals surface area contributed by atoms with Crippen LogP contribution < -0.4 is 5.32 Å². The minimum atomic E-state index is -0.457. The average Bonchev–Trinajstić information content (AvgIpc) is 3.30. The fourth-order valence-corrected chi connectivity index (χ4v) is 2.44. The molecule has 3 rings (SSSR count). The quantitative estimate of drug-likeness (QED) is 0.505. The van der Waals surface area contributed by atoms with Crippen molar-refractivity contribution in [3.05, 3.63) is 40.3 Å². The van der Waals surface area contributed by atoms with Crippen LogP contribution in [0.25, 0.3) is 11.5 Å². The van der Waals surface area contributed by atoms with Crippen molar-refractivity contribution in [2.45, 2.75) is 25.4 Å². The number of nitro benzene ring substituents is 1. The first-order chi connectivity index (χ1) is 11.1. The molecule has 0 spiro atoms. The van der Waals surface area contributed by atoms with Crippen LogP contribution in [-0.2, 0) is 6.54 Å². The molecule has 1 fully saturated rings. The third kappa shape index (κ3) is 3.45. The first-order valence-corrected chi connectivity index (χ1v) is 7.55. The van der Waals surface area contributed by atoms with E-state index < -0.39 is 4.92 Å². The van der Waals surface area contributed by atoms with Gasteiger partial charge < -0.3 is 14.6 Å². The minimum Gasteiger partial charge on any atom is -0.419 e. The Kier molecular flexibility index (Phi) is 4.20. The topological polar surface area (TPSA) is 97.3 Å². The number of thiocarbonyl (C=S) groups is 1. The van der Waals surface area contributed by atoms with Crippen LogP contribution in [0.3, 0.4) is 0 Å². The molecule has 120 valence electrons. The van der Waals surface area contributed by atoms with Gasteiger partial charge in [-0.25, -0.2) is 0 Å². The molecule has 1 aliphatic rings. The van der Waals surface area contributed by atoms with Crippen molar-refractivity contribution in [3.63, 3.8) is 0 Å². The number of nitrogens with one attached hydrogen (secondary N) is 1. The van der Waals surface area contributed by atoms with Crippen molar-refractivity contribution in [3.8, 4) is 11.5 Å². The minimum absolute atomic E-state index is 0.0155. The van der Waals surface area contributed by atoms with Gasteiger partial charge in [0.05, 0.1) is 11.5 Å². The highest BCUT2D eigenvalue weighted by Gasteiger charge is 2.31. The summed E-state index contributed by atoms with van der Waals surface area (Å²) in [5.74, 6) is 0.686. The van der Waals surface area contributed by atoms with Crippen molar-refractivity contribution in [2.24, 2.45) is 0 Å². The van der Waals surface area contributed by atoms with Gasteiger partial charge in [-0.3, -0.25) is 10.1 Å². The van der Waals surface area contributed by atoms with Gasteiger partial charge in [0.15, 0.2) is 5.11 Å². The number of aromatic nitrogens is 2. The second kappa shape index (κ2) is 6.29. The molecule has 0 radical (unpaired) electrons. The first-order valence-electron chi connectivity index (χ1n) is 7.14. The SMILES string of the molecule is CNC(=S)N(Cc1nnc(-c2cccc([N+](=O)[O-])c2)o1)C1CC1. The molecule has 0 unspecified atom stereocenters. The van der Waals surface area contributed by atoms with Gasteiger partial charge in [-0.15, -0.1) is 10.2 Å². The van der Waals surface area contributed by atoms with E-state index in [9.17, 15) is 10.1 Å². The summed E-state index contributed by atoms with van der Waals surface area (Å²) in [5, 5.41) is 22.4. The number of nitro groups is 1. The first kappa shape index (κ1) is 15.3. The Morgan fingerprint density at radius 2 is 2.30 bits per heavy atom. The Balaban J connectivity index is 1.78. The summed E-state index contributed by atoms with van der Waals surface area (Å²) in [5.41, 5.74) is 0.505. The molecule has 1 aromatic heterocycles. The molecule has 1 N–H and O–H groups in total. The van der Waals surface area contributed by atoms with Crippen molar-refractivity contribution in [1.82, 2.24) is 20.4 Å². The molecule has 8 nitrogen and oxygen atoms in total. The van der Waals surface area contributed by atoms with E-state index in [-0.39, 0.29) is 11.6 Å². The lowest BCUT2D eigenvalue weighted by Gasteiger charge is -2.22. The van der Waals surface area contributed by atoms with Gasteiger partial charge in [0.2, 0.25) is 11.8 Å². The van der Waals surface area contributed by atoms with Crippen LogP contribution in [0.2, 0.25) is 0 Å². The van der Waals surface area contributed by atoms with E-state index in [0.29, 0.717) is 29.2 Å². The number of benzene rings is 1. The van der Waals surface area contributed by atoms with Gasteiger partial charge in [-0.2, -0.15) is 0 Å². The lowest BCUT2D eigenvalue weighted by molar-refractivity contribution is -0.384. The fraction of sp³-hybridized carbons (Fsp3) is 0.357. The van der Waals surface area contributed by atoms with Gasteiger partial charge in [0, 0.05) is 30.8 Å². The van der Waals surface area contributed by atoms with Crippen molar-refractivity contribution in [2.75, 3.05) is 7.05 Å². The molecular weight excluding hydrogens is 318 g/mol. The number of nitrogens with zero attached hydrogens (tertiary/aromatic N) is 4. The Morgan fingerprint density at radius 3 is 2.96 bits per heavy atom. The monoisotopic (exact) mass is 333 g/mol. The molecule has 23 heavy (non-hydrogen) atoms. The zero-order chi connectivity index (χ0) is 16.4. The third-order valence-corrected chi connectivity index (χ3v) is 3.98. The molecule has 0 saturated heterocycles. The fourth-order valence-electron chi connectivity index (χ4n) is 2.23. The molecule has 0 aliphatic heterocycles. The molecule has 1 aliphatic carbocycles. The van der Waals surface area contributed by atoms with E-state index in [2.05, 4.69) is 15.5 Å². The van der Waals surface area contributed by atoms with Crippen molar-refractivity contribution in [1.29, 1.82) is 0 Å². The predicted molar refractivity (Wildman–Crippen MR) is 86.6 cm³/mol. The maximum atomic E-state index is 10.8. The third-order valence-electron chi connectivity index (χ3n) is 3.54. The summed E-state index contributed by atoms with van der Waals surface area (Å²) in [6.45, 7) is 0.423. The molecule has 1 heterocycles. The molecular formula is C14H15N5O3S. The van der Waals surface area contributed by atoms with E-state index in [1.165, 1.54) is 12.1 Å². The number of non-ortho nitro benzene ring substituents is 1. The molecule has 2 aromatic rings. The lowest BCUT2D eigenvalue weighted by atomic mass is 10.2. The largest absolute Gasteiger partial charge is 0.419 e. The number of rotatable bonds is 5. The van der Waals surface area contributed by atoms with E-state index in [4.69, 9.17) is 16.6 Å². The maximum Gasteiger partial charge on any atom is 0.270 e. The molecule has 1 saturated carbocycles. The van der Waals surface area contributed by atoms with Gasteiger partial charge in [0.1, 0.15) is 0 Å². The van der Waals surface area contributed by atoms with Crippen LogP contribution in [-0.4, -0.2) is 38.2 Å². The highest BCUT2D eigenvalue weighted by molar-refractivity contribution is 7.80. The van der Waals surface area contributed by atoms with Crippen LogP contribution in [0.4, 0.5) is 5.69 Å². The van der Waals surface area contributed by atoms with E-state index in [1.54, 1.807) is 19.2 Å². The zero-order valence-corrected chi connectivity index (χ0v) is 13.2. The zero-order valence-electron chi connectivity index (χ0n) is 12.4. The van der Waals surface area contributed by atoms with Crippen molar-refractivity contribution >= 4 is 23.0 Å². The van der Waals surface area contributed by atoms with Crippen molar-refractivity contribution < 1.29 is 9.34 Å². The normalized spacial score (nSPS) is 13.6. The summed E-state index contributed by atoms with van der Waals surface area (Å²) in [6.07, 6.45) is 2.18. The van der Waals surface area contributed by atoms with Crippen LogP contribution >= 0.6 is 12.2 Å². The summed E-state index contributed by atoms with van der Waals surface area (Å²) >= 11 is 5.29. The summed E-state index contributed by atoms with van der Waals surface area (Å²) in [7, 11) is 1.78. The number of hydrogen-bond acceptors (Lipinski definition) is 6. The summed E-state index contributed by atoms with van der Waals surface area (Å²) in [6, 6.07) is 6.52. The Labute approximate surface area is 137 Å². The van der Waals surface area contributed by atoms with Crippen LogP contribution in [0, 0.1) is 10.1 Å². The Hall–Kier alpha value is -2.55. The summed E-state index contributed by atoms with van der Waals surface area (Å²) < 4.78 is 5.63. The Morgan fingerprint density at radius 1 is 1.52 bits per heavy atom. The highest BCUT2D eigenvalue weighted by Crippen LogP contribution is 2.29. The molecule has 0 amide bonds. The number of hydrogen-bond donors (Lipinski definition) is 1.